The first-order valence-electron chi connectivity index (χ1n) is 11.8. The Morgan fingerprint density at radius 3 is 2.53 bits per heavy atom. The Kier molecular flexibility index (Phi) is 7.91. The number of unbranched alkanes of at least 4 members (excludes halogenated alkanes) is 1. The lowest BCUT2D eigenvalue weighted by Crippen LogP contribution is -2.31. The predicted molar refractivity (Wildman–Crippen MR) is 136 cm³/mol. The summed E-state index contributed by atoms with van der Waals surface area (Å²) in [4.78, 5) is 30.4. The Bertz CT molecular complexity index is 1110. The van der Waals surface area contributed by atoms with Crippen molar-refractivity contribution >= 4 is 34.8 Å². The molecule has 1 aliphatic rings. The van der Waals surface area contributed by atoms with Crippen molar-refractivity contribution in [2.75, 3.05) is 29.9 Å². The quantitative estimate of drug-likeness (QED) is 0.395. The van der Waals surface area contributed by atoms with Gasteiger partial charge >= 0.3 is 0 Å². The molecule has 0 atom stereocenters. The molecule has 0 spiro atoms. The van der Waals surface area contributed by atoms with Crippen LogP contribution in [0.5, 0.6) is 0 Å². The number of carbonyl (C=O) groups excluding carboxylic acids is 2. The Balaban J connectivity index is 1.65. The van der Waals surface area contributed by atoms with Crippen LogP contribution < -0.4 is 10.2 Å². The van der Waals surface area contributed by atoms with E-state index >= 15 is 0 Å². The fraction of sp³-hybridized carbons (Fsp3) is 0.333. The molecule has 2 aromatic carbocycles. The van der Waals surface area contributed by atoms with Gasteiger partial charge in [0.05, 0.1) is 24.1 Å². The van der Waals surface area contributed by atoms with Crippen LogP contribution in [-0.4, -0.2) is 36.3 Å². The summed E-state index contributed by atoms with van der Waals surface area (Å²) in [6.45, 7) is 5.04. The Labute approximate surface area is 205 Å². The van der Waals surface area contributed by atoms with Gasteiger partial charge < -0.3 is 19.5 Å². The number of halogens is 1. The molecule has 2 amide bonds. The van der Waals surface area contributed by atoms with Gasteiger partial charge in [-0.1, -0.05) is 24.9 Å². The largest absolute Gasteiger partial charge is 0.467 e. The van der Waals surface area contributed by atoms with Gasteiger partial charge in [-0.15, -0.1) is 0 Å². The summed E-state index contributed by atoms with van der Waals surface area (Å²) >= 11 is 5.94. The lowest BCUT2D eigenvalue weighted by Gasteiger charge is -2.28. The smallest absolute Gasteiger partial charge is 0.256 e. The summed E-state index contributed by atoms with van der Waals surface area (Å²) in [6.07, 6.45) is 5.73. The van der Waals surface area contributed by atoms with Crippen molar-refractivity contribution in [3.8, 4) is 0 Å². The molecular formula is C27H30ClN3O3. The molecule has 1 aliphatic heterocycles. The van der Waals surface area contributed by atoms with Gasteiger partial charge in [-0.2, -0.15) is 0 Å². The molecule has 6 nitrogen and oxygen atoms in total. The molecule has 3 aromatic rings. The number of carbonyl (C=O) groups is 2. The van der Waals surface area contributed by atoms with E-state index in [-0.39, 0.29) is 11.8 Å². The monoisotopic (exact) mass is 479 g/mol. The van der Waals surface area contributed by atoms with Crippen LogP contribution in [0.1, 0.15) is 59.1 Å². The Hall–Kier alpha value is -3.25. The summed E-state index contributed by atoms with van der Waals surface area (Å²) in [6, 6.07) is 16.1. The maximum Gasteiger partial charge on any atom is 0.256 e. The number of likely N-dealkylation sites (tertiary alicyclic amines) is 1. The van der Waals surface area contributed by atoms with Crippen molar-refractivity contribution in [3.05, 3.63) is 82.8 Å². The lowest BCUT2D eigenvalue weighted by atomic mass is 10.1. The standard InChI is InChI=1S/C27H30ClN3O3/c1-2-3-14-31(19-23-7-6-17-34-23)25-13-12-22(18-24(25)27(33)30-15-4-5-16-30)29-26(32)20-8-10-21(28)11-9-20/h6-13,17-18H,2-5,14-16,19H2,1H3,(H,29,32). The minimum Gasteiger partial charge on any atom is -0.467 e. The average molecular weight is 480 g/mol. The molecule has 0 saturated carbocycles. The van der Waals surface area contributed by atoms with E-state index in [9.17, 15) is 9.59 Å². The lowest BCUT2D eigenvalue weighted by molar-refractivity contribution is 0.0793. The fourth-order valence-corrected chi connectivity index (χ4v) is 4.31. The van der Waals surface area contributed by atoms with E-state index in [4.69, 9.17) is 16.0 Å². The number of furan rings is 1. The number of hydrogen-bond donors (Lipinski definition) is 1. The number of amides is 2. The highest BCUT2D eigenvalue weighted by atomic mass is 35.5. The van der Waals surface area contributed by atoms with Crippen LogP contribution in [0.3, 0.4) is 0 Å². The van der Waals surface area contributed by atoms with Crippen LogP contribution >= 0.6 is 11.6 Å². The highest BCUT2D eigenvalue weighted by molar-refractivity contribution is 6.30. The molecule has 178 valence electrons. The van der Waals surface area contributed by atoms with Crippen molar-refractivity contribution < 1.29 is 14.0 Å². The van der Waals surface area contributed by atoms with E-state index in [0.29, 0.717) is 28.4 Å². The second-order valence-corrected chi connectivity index (χ2v) is 8.98. The zero-order valence-electron chi connectivity index (χ0n) is 19.4. The van der Waals surface area contributed by atoms with Crippen molar-refractivity contribution in [3.63, 3.8) is 0 Å². The zero-order chi connectivity index (χ0) is 23.9. The van der Waals surface area contributed by atoms with Crippen LogP contribution in [0.15, 0.2) is 65.3 Å². The van der Waals surface area contributed by atoms with Gasteiger partial charge in [-0.25, -0.2) is 0 Å². The Morgan fingerprint density at radius 2 is 1.85 bits per heavy atom. The molecule has 1 aromatic heterocycles. The van der Waals surface area contributed by atoms with Crippen LogP contribution in [-0.2, 0) is 6.54 Å². The SMILES string of the molecule is CCCCN(Cc1ccco1)c1ccc(NC(=O)c2ccc(Cl)cc2)cc1C(=O)N1CCCC1. The minimum atomic E-state index is -0.248. The van der Waals surface area contributed by atoms with Gasteiger partial charge in [-0.05, 0) is 73.9 Å². The molecule has 0 aliphatic carbocycles. The number of hydrogen-bond acceptors (Lipinski definition) is 4. The topological polar surface area (TPSA) is 65.8 Å². The normalized spacial score (nSPS) is 13.2. The first-order chi connectivity index (χ1) is 16.5. The fourth-order valence-electron chi connectivity index (χ4n) is 4.18. The summed E-state index contributed by atoms with van der Waals surface area (Å²) in [7, 11) is 0. The maximum atomic E-state index is 13.5. The van der Waals surface area contributed by atoms with E-state index in [0.717, 1.165) is 56.8 Å². The highest BCUT2D eigenvalue weighted by Crippen LogP contribution is 2.29. The van der Waals surface area contributed by atoms with Gasteiger partial charge in [0.1, 0.15) is 5.76 Å². The van der Waals surface area contributed by atoms with Crippen LogP contribution in [0.4, 0.5) is 11.4 Å². The van der Waals surface area contributed by atoms with Gasteiger partial charge in [-0.3, -0.25) is 9.59 Å². The molecule has 1 fully saturated rings. The third-order valence-corrected chi connectivity index (χ3v) is 6.29. The molecule has 0 bridgehead atoms. The number of nitrogens with zero attached hydrogens (tertiary/aromatic N) is 2. The molecule has 34 heavy (non-hydrogen) atoms. The predicted octanol–water partition coefficient (Wildman–Crippen LogP) is 6.23. The average Bonchev–Trinajstić information content (AvgIpc) is 3.56. The second-order valence-electron chi connectivity index (χ2n) is 8.55. The number of anilines is 2. The third kappa shape index (κ3) is 5.81. The van der Waals surface area contributed by atoms with E-state index in [1.165, 1.54) is 0 Å². The third-order valence-electron chi connectivity index (χ3n) is 6.03. The van der Waals surface area contributed by atoms with E-state index in [2.05, 4.69) is 17.1 Å². The van der Waals surface area contributed by atoms with Gasteiger partial charge in [0, 0.05) is 35.9 Å². The van der Waals surface area contributed by atoms with E-state index in [1.54, 1.807) is 36.6 Å². The van der Waals surface area contributed by atoms with Gasteiger partial charge in [0.25, 0.3) is 11.8 Å². The molecular weight excluding hydrogens is 450 g/mol. The first kappa shape index (κ1) is 23.9. The minimum absolute atomic E-state index is 0.00367. The first-order valence-corrected chi connectivity index (χ1v) is 12.2. The number of nitrogens with one attached hydrogen (secondary N) is 1. The van der Waals surface area contributed by atoms with Gasteiger partial charge in [0.15, 0.2) is 0 Å². The van der Waals surface area contributed by atoms with E-state index < -0.39 is 0 Å². The molecule has 2 heterocycles. The molecule has 4 rings (SSSR count). The highest BCUT2D eigenvalue weighted by Gasteiger charge is 2.25. The zero-order valence-corrected chi connectivity index (χ0v) is 20.2. The summed E-state index contributed by atoms with van der Waals surface area (Å²) in [5.41, 5.74) is 2.53. The Morgan fingerprint density at radius 1 is 1.09 bits per heavy atom. The molecule has 7 heteroatoms. The van der Waals surface area contributed by atoms with Gasteiger partial charge in [0.2, 0.25) is 0 Å². The molecule has 1 N–H and O–H groups in total. The molecule has 0 radical (unpaired) electrons. The second kappa shape index (κ2) is 11.3. The van der Waals surface area contributed by atoms with E-state index in [1.807, 2.05) is 29.2 Å². The maximum absolute atomic E-state index is 13.5. The van der Waals surface area contributed by atoms with Crippen molar-refractivity contribution in [1.29, 1.82) is 0 Å². The van der Waals surface area contributed by atoms with Crippen LogP contribution in [0.2, 0.25) is 5.02 Å². The van der Waals surface area contributed by atoms with Crippen LogP contribution in [0.25, 0.3) is 0 Å². The number of benzene rings is 2. The van der Waals surface area contributed by atoms with Crippen LogP contribution in [0, 0.1) is 0 Å². The summed E-state index contributed by atoms with van der Waals surface area (Å²) in [5, 5.41) is 3.50. The number of rotatable bonds is 9. The van der Waals surface area contributed by atoms with Crippen molar-refractivity contribution in [2.45, 2.75) is 39.2 Å². The van der Waals surface area contributed by atoms with Crippen molar-refractivity contribution in [1.82, 2.24) is 4.90 Å². The molecule has 0 unspecified atom stereocenters. The summed E-state index contributed by atoms with van der Waals surface area (Å²) in [5.74, 6) is 0.592. The van der Waals surface area contributed by atoms with Crippen molar-refractivity contribution in [2.24, 2.45) is 0 Å². The summed E-state index contributed by atoms with van der Waals surface area (Å²) < 4.78 is 5.60. The molecule has 1 saturated heterocycles.